The van der Waals surface area contributed by atoms with Gasteiger partial charge in [0.25, 0.3) is 5.91 Å². The fourth-order valence-electron chi connectivity index (χ4n) is 4.64. The molecule has 0 saturated carbocycles. The number of hydrogen-bond donors (Lipinski definition) is 0. The topological polar surface area (TPSA) is 45.3 Å². The molecule has 2 fully saturated rings. The molecule has 1 atom stereocenters. The van der Waals surface area contributed by atoms with Crippen molar-refractivity contribution >= 4 is 11.6 Å². The largest absolute Gasteiger partial charge is 0.497 e. The van der Waals surface area contributed by atoms with E-state index >= 15 is 0 Å². The lowest BCUT2D eigenvalue weighted by atomic mass is 10.1. The smallest absolute Gasteiger partial charge is 0.254 e. The van der Waals surface area contributed by atoms with Crippen LogP contribution >= 0.6 is 0 Å². The molecule has 6 nitrogen and oxygen atoms in total. The average Bonchev–Trinajstić information content (AvgIpc) is 3.42. The fourth-order valence-corrected chi connectivity index (χ4v) is 4.64. The second kappa shape index (κ2) is 11.3. The number of nitrogens with zero attached hydrogens (tertiary/aromatic N) is 3. The predicted octanol–water partition coefficient (Wildman–Crippen LogP) is 4.00. The average molecular weight is 450 g/mol. The van der Waals surface area contributed by atoms with Gasteiger partial charge in [-0.15, -0.1) is 6.58 Å². The molecule has 2 aromatic carbocycles. The van der Waals surface area contributed by atoms with E-state index in [1.165, 1.54) is 24.1 Å². The number of anilines is 1. The molecule has 176 valence electrons. The van der Waals surface area contributed by atoms with Gasteiger partial charge in [-0.3, -0.25) is 9.69 Å². The van der Waals surface area contributed by atoms with E-state index in [0.717, 1.165) is 32.7 Å². The van der Waals surface area contributed by atoms with Crippen LogP contribution < -0.4 is 9.64 Å². The van der Waals surface area contributed by atoms with Crippen molar-refractivity contribution in [2.75, 3.05) is 64.4 Å². The van der Waals surface area contributed by atoms with E-state index in [1.807, 2.05) is 29.2 Å². The first-order valence-electron chi connectivity index (χ1n) is 11.9. The van der Waals surface area contributed by atoms with E-state index in [0.29, 0.717) is 31.0 Å². The zero-order chi connectivity index (χ0) is 23.0. The van der Waals surface area contributed by atoms with Crippen LogP contribution in [0.1, 0.15) is 34.9 Å². The number of amides is 1. The van der Waals surface area contributed by atoms with E-state index in [9.17, 15) is 4.79 Å². The van der Waals surface area contributed by atoms with Crippen molar-refractivity contribution in [1.29, 1.82) is 0 Å². The molecule has 2 aliphatic heterocycles. The lowest BCUT2D eigenvalue weighted by Crippen LogP contribution is -2.49. The van der Waals surface area contributed by atoms with Crippen molar-refractivity contribution in [2.45, 2.75) is 18.9 Å². The van der Waals surface area contributed by atoms with Crippen LogP contribution in [0.3, 0.4) is 0 Å². The molecule has 6 heteroatoms. The van der Waals surface area contributed by atoms with Crippen LogP contribution in [0.25, 0.3) is 0 Å². The lowest BCUT2D eigenvalue weighted by molar-refractivity contribution is 0.0245. The predicted molar refractivity (Wildman–Crippen MR) is 132 cm³/mol. The zero-order valence-electron chi connectivity index (χ0n) is 19.6. The molecule has 4 rings (SSSR count). The molecule has 2 saturated heterocycles. The number of hydrogen-bond acceptors (Lipinski definition) is 5. The number of rotatable bonds is 9. The summed E-state index contributed by atoms with van der Waals surface area (Å²) in [6.45, 7) is 10.5. The molecule has 1 amide bonds. The van der Waals surface area contributed by atoms with Gasteiger partial charge in [0.15, 0.2) is 0 Å². The Morgan fingerprint density at radius 1 is 1.03 bits per heavy atom. The van der Waals surface area contributed by atoms with Gasteiger partial charge < -0.3 is 19.3 Å². The van der Waals surface area contributed by atoms with Gasteiger partial charge >= 0.3 is 0 Å². The summed E-state index contributed by atoms with van der Waals surface area (Å²) in [6, 6.07) is 16.2. The van der Waals surface area contributed by atoms with E-state index < -0.39 is 0 Å². The quantitative estimate of drug-likeness (QED) is 0.542. The first-order chi connectivity index (χ1) is 16.2. The molecular weight excluding hydrogens is 414 g/mol. The van der Waals surface area contributed by atoms with Crippen LogP contribution in [0.5, 0.6) is 5.75 Å². The minimum Gasteiger partial charge on any atom is -0.497 e. The SMILES string of the molecule is C=CCOC(CN1CCN(C(=O)c2cccc(OC)c2)CC1)c1cccc(N2CCCC2)c1. The summed E-state index contributed by atoms with van der Waals surface area (Å²) in [5.41, 5.74) is 3.16. The maximum Gasteiger partial charge on any atom is 0.254 e. The Kier molecular flexibility index (Phi) is 8.02. The Bertz CT molecular complexity index is 934. The summed E-state index contributed by atoms with van der Waals surface area (Å²) >= 11 is 0. The number of methoxy groups -OCH3 is 1. The molecular formula is C27H35N3O3. The standard InChI is InChI=1S/C27H35N3O3/c1-3-18-33-26(22-8-6-10-24(19-22)29-12-4-5-13-29)21-28-14-16-30(17-15-28)27(31)23-9-7-11-25(20-23)32-2/h3,6-11,19-20,26H,1,4-5,12-18,21H2,2H3. The van der Waals surface area contributed by atoms with Gasteiger partial charge in [-0.05, 0) is 48.7 Å². The molecule has 2 aliphatic rings. The van der Waals surface area contributed by atoms with Crippen molar-refractivity contribution in [3.63, 3.8) is 0 Å². The minimum absolute atomic E-state index is 0.0220. The van der Waals surface area contributed by atoms with Gasteiger partial charge in [0, 0.05) is 57.1 Å². The molecule has 0 N–H and O–H groups in total. The van der Waals surface area contributed by atoms with Crippen LogP contribution in [-0.4, -0.2) is 75.2 Å². The first kappa shape index (κ1) is 23.3. The molecule has 2 aromatic rings. The number of carbonyl (C=O) groups is 1. The maximum absolute atomic E-state index is 12.9. The molecule has 0 aliphatic carbocycles. The van der Waals surface area contributed by atoms with Crippen LogP contribution in [-0.2, 0) is 4.74 Å². The Hall–Kier alpha value is -2.83. The van der Waals surface area contributed by atoms with Gasteiger partial charge in [-0.2, -0.15) is 0 Å². The van der Waals surface area contributed by atoms with Crippen LogP contribution in [0.4, 0.5) is 5.69 Å². The molecule has 0 aromatic heterocycles. The van der Waals surface area contributed by atoms with Crippen molar-refractivity contribution < 1.29 is 14.3 Å². The Morgan fingerprint density at radius 2 is 1.79 bits per heavy atom. The minimum atomic E-state index is -0.0220. The molecule has 33 heavy (non-hydrogen) atoms. The highest BCUT2D eigenvalue weighted by atomic mass is 16.5. The Labute approximate surface area is 197 Å². The van der Waals surface area contributed by atoms with Crippen molar-refractivity contribution in [3.8, 4) is 5.75 Å². The monoisotopic (exact) mass is 449 g/mol. The second-order valence-corrected chi connectivity index (χ2v) is 8.72. The molecule has 0 radical (unpaired) electrons. The summed E-state index contributed by atoms with van der Waals surface area (Å²) in [7, 11) is 1.62. The fraction of sp³-hybridized carbons (Fsp3) is 0.444. The van der Waals surface area contributed by atoms with E-state index in [2.05, 4.69) is 40.6 Å². The first-order valence-corrected chi connectivity index (χ1v) is 11.9. The van der Waals surface area contributed by atoms with Gasteiger partial charge in [-0.25, -0.2) is 0 Å². The highest BCUT2D eigenvalue weighted by molar-refractivity contribution is 5.94. The molecule has 1 unspecified atom stereocenters. The van der Waals surface area contributed by atoms with E-state index in [4.69, 9.17) is 9.47 Å². The Balaban J connectivity index is 1.38. The third kappa shape index (κ3) is 5.95. The van der Waals surface area contributed by atoms with E-state index in [-0.39, 0.29) is 12.0 Å². The normalized spacial score (nSPS) is 17.7. The van der Waals surface area contributed by atoms with E-state index in [1.54, 1.807) is 13.2 Å². The van der Waals surface area contributed by atoms with Crippen LogP contribution in [0, 0.1) is 0 Å². The van der Waals surface area contributed by atoms with Gasteiger partial charge in [0.2, 0.25) is 0 Å². The summed E-state index contributed by atoms with van der Waals surface area (Å²) in [5, 5.41) is 0. The molecule has 0 spiro atoms. The zero-order valence-corrected chi connectivity index (χ0v) is 19.6. The third-order valence-electron chi connectivity index (χ3n) is 6.53. The number of benzene rings is 2. The molecule has 2 heterocycles. The highest BCUT2D eigenvalue weighted by Gasteiger charge is 2.25. The van der Waals surface area contributed by atoms with Crippen molar-refractivity contribution in [3.05, 3.63) is 72.3 Å². The highest BCUT2D eigenvalue weighted by Crippen LogP contribution is 2.27. The summed E-state index contributed by atoms with van der Waals surface area (Å²) < 4.78 is 11.5. The van der Waals surface area contributed by atoms with Crippen molar-refractivity contribution in [1.82, 2.24) is 9.80 Å². The number of ether oxygens (including phenoxy) is 2. The lowest BCUT2D eigenvalue weighted by Gasteiger charge is -2.36. The Morgan fingerprint density at radius 3 is 2.52 bits per heavy atom. The summed E-state index contributed by atoms with van der Waals surface area (Å²) in [5.74, 6) is 0.768. The van der Waals surface area contributed by atoms with Gasteiger partial charge in [0.1, 0.15) is 5.75 Å². The molecule has 0 bridgehead atoms. The maximum atomic E-state index is 12.9. The summed E-state index contributed by atoms with van der Waals surface area (Å²) in [4.78, 5) is 19.7. The second-order valence-electron chi connectivity index (χ2n) is 8.72. The van der Waals surface area contributed by atoms with Crippen LogP contribution in [0.2, 0.25) is 0 Å². The van der Waals surface area contributed by atoms with Crippen molar-refractivity contribution in [2.24, 2.45) is 0 Å². The van der Waals surface area contributed by atoms with Crippen LogP contribution in [0.15, 0.2) is 61.2 Å². The number of piperazine rings is 1. The number of carbonyl (C=O) groups excluding carboxylic acids is 1. The van der Waals surface area contributed by atoms with Gasteiger partial charge in [0.05, 0.1) is 19.8 Å². The summed E-state index contributed by atoms with van der Waals surface area (Å²) in [6.07, 6.45) is 4.31. The van der Waals surface area contributed by atoms with Gasteiger partial charge in [-0.1, -0.05) is 24.3 Å². The third-order valence-corrected chi connectivity index (χ3v) is 6.53.